The molecule has 1 aromatic rings. The van der Waals surface area contributed by atoms with Gasteiger partial charge in [-0.25, -0.2) is 4.98 Å². The summed E-state index contributed by atoms with van der Waals surface area (Å²) < 4.78 is 55.4. The lowest BCUT2D eigenvalue weighted by atomic mass is 10.1. The first-order valence-electron chi connectivity index (χ1n) is 5.32. The van der Waals surface area contributed by atoms with Crippen LogP contribution in [0.25, 0.3) is 0 Å². The first-order valence-corrected chi connectivity index (χ1v) is 8.54. The lowest BCUT2D eigenvalue weighted by molar-refractivity contribution is 0.472. The van der Waals surface area contributed by atoms with Crippen molar-refractivity contribution in [3.05, 3.63) is 17.7 Å². The molecule has 0 aliphatic rings. The van der Waals surface area contributed by atoms with Gasteiger partial charge in [-0.3, -0.25) is 9.11 Å². The molecule has 0 amide bonds. The van der Waals surface area contributed by atoms with Crippen LogP contribution in [0.5, 0.6) is 0 Å². The summed E-state index contributed by atoms with van der Waals surface area (Å²) in [5.41, 5.74) is 2.36. The number of hydrogen-bond acceptors (Lipinski definition) is 5. The van der Waals surface area contributed by atoms with Crippen LogP contribution in [0, 0.1) is 6.92 Å². The molecule has 10 heteroatoms. The normalized spacial score (nSPS) is 12.1. The van der Waals surface area contributed by atoms with Gasteiger partial charge in [0, 0.05) is 5.69 Å². The Morgan fingerprint density at radius 2 is 1.58 bits per heavy atom. The van der Waals surface area contributed by atoms with Crippen LogP contribution in [0.4, 0.5) is 0 Å². The predicted molar refractivity (Wildman–Crippen MR) is 70.2 cm³/mol. The van der Waals surface area contributed by atoms with Gasteiger partial charge < -0.3 is 4.98 Å². The van der Waals surface area contributed by atoms with E-state index in [1.165, 1.54) is 11.4 Å². The molecular formula is C9H18N2O6S2. The van der Waals surface area contributed by atoms with Gasteiger partial charge in [-0.15, -0.1) is 0 Å². The average molecular weight is 314 g/mol. The molecule has 3 N–H and O–H groups in total. The maximum absolute atomic E-state index is 9.86. The highest BCUT2D eigenvalue weighted by Crippen LogP contribution is 2.12. The van der Waals surface area contributed by atoms with E-state index >= 15 is 0 Å². The summed E-state index contributed by atoms with van der Waals surface area (Å²) in [6.07, 6.45) is 1.74. The smallest absolute Gasteiger partial charge is 0.265 e. The molecule has 0 aromatic carbocycles. The van der Waals surface area contributed by atoms with Crippen molar-refractivity contribution >= 4 is 20.2 Å². The molecule has 112 valence electrons. The lowest BCUT2D eigenvalue weighted by Gasteiger charge is -1.98. The molecule has 19 heavy (non-hydrogen) atoms. The topological polar surface area (TPSA) is 137 Å². The second-order valence-electron chi connectivity index (χ2n) is 4.14. The van der Waals surface area contributed by atoms with Crippen LogP contribution in [0.2, 0.25) is 0 Å². The van der Waals surface area contributed by atoms with Crippen molar-refractivity contribution in [2.45, 2.75) is 26.7 Å². The monoisotopic (exact) mass is 314 g/mol. The number of H-pyrrole nitrogens is 1. The van der Waals surface area contributed by atoms with E-state index in [2.05, 4.69) is 23.8 Å². The molecule has 0 aliphatic carbocycles. The Morgan fingerprint density at radius 3 is 1.74 bits per heavy atom. The maximum atomic E-state index is 9.86. The summed E-state index contributed by atoms with van der Waals surface area (Å²) >= 11 is 0. The van der Waals surface area contributed by atoms with Gasteiger partial charge in [0.15, 0.2) is 0 Å². The van der Waals surface area contributed by atoms with E-state index in [4.69, 9.17) is 9.11 Å². The fourth-order valence-electron chi connectivity index (χ4n) is 1.16. The van der Waals surface area contributed by atoms with E-state index in [1.54, 1.807) is 6.33 Å². The molecule has 0 radical (unpaired) electrons. The average Bonchev–Trinajstić information content (AvgIpc) is 2.60. The largest absolute Gasteiger partial charge is 0.348 e. The van der Waals surface area contributed by atoms with Crippen molar-refractivity contribution in [2.24, 2.45) is 0 Å². The standard InChI is InChI=1S/C7H12N2.C2H6O6S2/c1-5(2)7-6(3)8-4-9-7;3-9(4,5)1-2-10(6,7)8/h4-5H,1-3H3,(H,8,9);1-2H2,(H,3,4,5)(H,6,7,8). The van der Waals surface area contributed by atoms with Crippen LogP contribution in [0.15, 0.2) is 6.33 Å². The van der Waals surface area contributed by atoms with Gasteiger partial charge in [-0.05, 0) is 12.8 Å². The molecule has 1 rings (SSSR count). The molecule has 0 fully saturated rings. The van der Waals surface area contributed by atoms with Crippen molar-refractivity contribution in [1.29, 1.82) is 0 Å². The summed E-state index contributed by atoms with van der Waals surface area (Å²) in [4.78, 5) is 7.20. The van der Waals surface area contributed by atoms with Crippen molar-refractivity contribution in [1.82, 2.24) is 9.97 Å². The Morgan fingerprint density at radius 1 is 1.16 bits per heavy atom. The molecule has 0 unspecified atom stereocenters. The van der Waals surface area contributed by atoms with Crippen LogP contribution >= 0.6 is 0 Å². The first-order chi connectivity index (χ1) is 8.42. The van der Waals surface area contributed by atoms with E-state index in [0.717, 1.165) is 0 Å². The molecule has 1 aromatic heterocycles. The van der Waals surface area contributed by atoms with Gasteiger partial charge in [0.2, 0.25) is 0 Å². The number of hydrogen-bond donors (Lipinski definition) is 3. The number of aryl methyl sites for hydroxylation is 1. The van der Waals surface area contributed by atoms with Crippen molar-refractivity contribution in [3.63, 3.8) is 0 Å². The van der Waals surface area contributed by atoms with Crippen LogP contribution in [-0.4, -0.2) is 47.4 Å². The predicted octanol–water partition coefficient (Wildman–Crippen LogP) is 0.604. The Labute approximate surface area is 112 Å². The summed E-state index contributed by atoms with van der Waals surface area (Å²) in [5, 5.41) is 0. The molecule has 0 saturated carbocycles. The third-order valence-corrected chi connectivity index (χ3v) is 3.71. The third-order valence-electron chi connectivity index (χ3n) is 2.02. The van der Waals surface area contributed by atoms with Crippen molar-refractivity contribution < 1.29 is 25.9 Å². The van der Waals surface area contributed by atoms with Gasteiger partial charge in [0.1, 0.15) is 0 Å². The van der Waals surface area contributed by atoms with Crippen molar-refractivity contribution in [2.75, 3.05) is 11.5 Å². The number of imidazole rings is 1. The zero-order valence-corrected chi connectivity index (χ0v) is 12.5. The Hall–Kier alpha value is -0.970. The zero-order valence-electron chi connectivity index (χ0n) is 10.9. The molecule has 0 spiro atoms. The Kier molecular flexibility index (Phi) is 6.63. The molecule has 8 nitrogen and oxygen atoms in total. The molecule has 1 heterocycles. The van der Waals surface area contributed by atoms with Crippen molar-refractivity contribution in [3.8, 4) is 0 Å². The zero-order chi connectivity index (χ0) is 15.3. The Balaban J connectivity index is 0.000000342. The molecular weight excluding hydrogens is 296 g/mol. The van der Waals surface area contributed by atoms with Crippen LogP contribution in [0.3, 0.4) is 0 Å². The van der Waals surface area contributed by atoms with E-state index < -0.39 is 31.7 Å². The van der Waals surface area contributed by atoms with Gasteiger partial charge >= 0.3 is 0 Å². The van der Waals surface area contributed by atoms with Gasteiger partial charge in [-0.2, -0.15) is 16.8 Å². The molecule has 0 bridgehead atoms. The van der Waals surface area contributed by atoms with E-state index in [1.807, 2.05) is 6.92 Å². The molecule has 0 aliphatic heterocycles. The Bertz CT molecular complexity index is 556. The van der Waals surface area contributed by atoms with Crippen LogP contribution in [0.1, 0.15) is 31.2 Å². The summed E-state index contributed by atoms with van der Waals surface area (Å²) in [6, 6.07) is 0. The van der Waals surface area contributed by atoms with Gasteiger partial charge in [0.25, 0.3) is 20.2 Å². The summed E-state index contributed by atoms with van der Waals surface area (Å²) in [6.45, 7) is 6.33. The van der Waals surface area contributed by atoms with Gasteiger partial charge in [0.05, 0.1) is 23.5 Å². The highest BCUT2D eigenvalue weighted by Gasteiger charge is 2.11. The summed E-state index contributed by atoms with van der Waals surface area (Å²) in [7, 11) is -8.59. The summed E-state index contributed by atoms with van der Waals surface area (Å²) in [5.74, 6) is -1.42. The number of nitrogens with one attached hydrogen (secondary N) is 1. The second kappa shape index (κ2) is 6.98. The minimum absolute atomic E-state index is 0.538. The minimum Gasteiger partial charge on any atom is -0.348 e. The van der Waals surface area contributed by atoms with E-state index in [-0.39, 0.29) is 0 Å². The highest BCUT2D eigenvalue weighted by atomic mass is 32.2. The van der Waals surface area contributed by atoms with Crippen LogP contribution in [-0.2, 0) is 20.2 Å². The number of nitrogens with zero attached hydrogens (tertiary/aromatic N) is 1. The number of aromatic nitrogens is 2. The SMILES string of the molecule is Cc1[nH]cnc1C(C)C.O=S(=O)(O)CCS(=O)(=O)O. The molecule has 0 atom stereocenters. The second-order valence-corrected chi connectivity index (χ2v) is 7.28. The fourth-order valence-corrected chi connectivity index (χ4v) is 2.85. The highest BCUT2D eigenvalue weighted by molar-refractivity contribution is 7.89. The quantitative estimate of drug-likeness (QED) is 0.692. The maximum Gasteiger partial charge on any atom is 0.265 e. The first kappa shape index (κ1) is 18.0. The lowest BCUT2D eigenvalue weighted by Crippen LogP contribution is -2.15. The third kappa shape index (κ3) is 9.59. The fraction of sp³-hybridized carbons (Fsp3) is 0.667. The van der Waals surface area contributed by atoms with Crippen LogP contribution < -0.4 is 0 Å². The number of rotatable bonds is 4. The number of aromatic amines is 1. The molecule has 0 saturated heterocycles. The van der Waals surface area contributed by atoms with E-state index in [9.17, 15) is 16.8 Å². The minimum atomic E-state index is -4.30. The van der Waals surface area contributed by atoms with Gasteiger partial charge in [-0.1, -0.05) is 13.8 Å². The van der Waals surface area contributed by atoms with E-state index in [0.29, 0.717) is 5.92 Å².